The fourth-order valence-corrected chi connectivity index (χ4v) is 4.05. The number of hydrogen-bond donors (Lipinski definition) is 1. The van der Waals surface area contributed by atoms with E-state index in [1.807, 2.05) is 0 Å². The Bertz CT molecular complexity index is 980. The molecule has 0 fully saturated rings. The van der Waals surface area contributed by atoms with Gasteiger partial charge in [-0.05, 0) is 79.8 Å². The van der Waals surface area contributed by atoms with Gasteiger partial charge in [0.05, 0.1) is 17.9 Å². The van der Waals surface area contributed by atoms with Crippen molar-refractivity contribution >= 4 is 11.4 Å². The lowest BCUT2D eigenvalue weighted by Gasteiger charge is -2.30. The van der Waals surface area contributed by atoms with Crippen molar-refractivity contribution in [2.75, 3.05) is 11.6 Å². The molecule has 0 amide bonds. The molecule has 2 heteroatoms. The monoisotopic (exact) mass is 446 g/mol. The smallest absolute Gasteiger partial charge is 0.0598 e. The van der Waals surface area contributed by atoms with Gasteiger partial charge in [0.1, 0.15) is 0 Å². The van der Waals surface area contributed by atoms with Crippen LogP contribution in [-0.2, 0) is 21.7 Å². The van der Waals surface area contributed by atoms with E-state index in [0.717, 1.165) is 6.54 Å². The van der Waals surface area contributed by atoms with Crippen molar-refractivity contribution in [2.24, 2.45) is 0 Å². The fraction of sp³-hybridized carbons (Fsp3) is 0.548. The Morgan fingerprint density at radius 2 is 0.909 bits per heavy atom. The van der Waals surface area contributed by atoms with Gasteiger partial charge in [0.2, 0.25) is 0 Å². The SMILES string of the molecule is CC(C)(C)c1cc(C2=CCN(c3cc(C(C)(C)C)cc(C(C)(C)C)c3)N2)cc(C(C)(C)C)c1. The Morgan fingerprint density at radius 1 is 0.545 bits per heavy atom. The van der Waals surface area contributed by atoms with E-state index in [9.17, 15) is 0 Å². The van der Waals surface area contributed by atoms with Crippen molar-refractivity contribution in [1.29, 1.82) is 0 Å². The molecule has 2 nitrogen and oxygen atoms in total. The maximum absolute atomic E-state index is 3.73. The van der Waals surface area contributed by atoms with Crippen LogP contribution in [0.25, 0.3) is 5.70 Å². The molecule has 1 aliphatic rings. The van der Waals surface area contributed by atoms with Gasteiger partial charge in [-0.3, -0.25) is 10.4 Å². The molecular weight excluding hydrogens is 400 g/mol. The average Bonchev–Trinajstić information content (AvgIpc) is 3.15. The second kappa shape index (κ2) is 8.22. The molecule has 0 radical (unpaired) electrons. The first kappa shape index (κ1) is 25.4. The first-order valence-electron chi connectivity index (χ1n) is 12.4. The van der Waals surface area contributed by atoms with Gasteiger partial charge in [0, 0.05) is 0 Å². The zero-order valence-corrected chi connectivity index (χ0v) is 23.2. The van der Waals surface area contributed by atoms with Crippen molar-refractivity contribution in [1.82, 2.24) is 5.43 Å². The molecule has 0 unspecified atom stereocenters. The molecule has 2 aromatic carbocycles. The molecule has 1 aliphatic heterocycles. The standard InChI is InChI=1S/C31H46N2/c1-28(2,3)22-15-21(16-23(17-22)29(4,5)6)27-13-14-33(32-27)26-19-24(30(7,8)9)18-25(20-26)31(10,11)12/h13,15-20,32H,14H2,1-12H3. The molecule has 0 atom stereocenters. The van der Waals surface area contributed by atoms with Gasteiger partial charge in [-0.1, -0.05) is 95.2 Å². The van der Waals surface area contributed by atoms with Crippen molar-refractivity contribution in [3.8, 4) is 0 Å². The zero-order valence-electron chi connectivity index (χ0n) is 23.2. The summed E-state index contributed by atoms with van der Waals surface area (Å²) in [5.74, 6) is 0. The predicted molar refractivity (Wildman–Crippen MR) is 146 cm³/mol. The van der Waals surface area contributed by atoms with Gasteiger partial charge in [-0.2, -0.15) is 0 Å². The summed E-state index contributed by atoms with van der Waals surface area (Å²) in [5, 5.41) is 2.29. The average molecular weight is 447 g/mol. The van der Waals surface area contributed by atoms with Gasteiger partial charge < -0.3 is 0 Å². The van der Waals surface area contributed by atoms with Gasteiger partial charge in [-0.25, -0.2) is 0 Å². The van der Waals surface area contributed by atoms with Crippen LogP contribution in [0.5, 0.6) is 0 Å². The highest BCUT2D eigenvalue weighted by atomic mass is 15.5. The summed E-state index contributed by atoms with van der Waals surface area (Å²) in [7, 11) is 0. The highest BCUT2D eigenvalue weighted by molar-refractivity contribution is 5.72. The summed E-state index contributed by atoms with van der Waals surface area (Å²) in [5.41, 5.74) is 13.4. The maximum atomic E-state index is 3.73. The molecule has 0 spiro atoms. The lowest BCUT2D eigenvalue weighted by atomic mass is 9.79. The molecule has 0 bridgehead atoms. The van der Waals surface area contributed by atoms with Gasteiger partial charge >= 0.3 is 0 Å². The van der Waals surface area contributed by atoms with Gasteiger partial charge in [0.15, 0.2) is 0 Å². The van der Waals surface area contributed by atoms with E-state index in [0.29, 0.717) is 0 Å². The Balaban J connectivity index is 2.00. The van der Waals surface area contributed by atoms with E-state index in [4.69, 9.17) is 0 Å². The molecule has 0 aromatic heterocycles. The van der Waals surface area contributed by atoms with Crippen LogP contribution in [-0.4, -0.2) is 6.54 Å². The second-order valence-electron chi connectivity index (χ2n) is 13.9. The summed E-state index contributed by atoms with van der Waals surface area (Å²) in [4.78, 5) is 0. The normalized spacial score (nSPS) is 15.5. The minimum Gasteiger partial charge on any atom is -0.298 e. The minimum atomic E-state index is 0.106. The number of nitrogens with zero attached hydrogens (tertiary/aromatic N) is 1. The maximum Gasteiger partial charge on any atom is 0.0598 e. The molecule has 180 valence electrons. The van der Waals surface area contributed by atoms with E-state index in [2.05, 4.69) is 136 Å². The third kappa shape index (κ3) is 5.83. The molecule has 33 heavy (non-hydrogen) atoms. The van der Waals surface area contributed by atoms with Crippen molar-refractivity contribution in [3.05, 3.63) is 70.3 Å². The van der Waals surface area contributed by atoms with Crippen LogP contribution < -0.4 is 10.4 Å². The molecule has 0 saturated carbocycles. The number of anilines is 1. The van der Waals surface area contributed by atoms with Crippen LogP contribution in [0.4, 0.5) is 5.69 Å². The number of nitrogens with one attached hydrogen (secondary N) is 1. The van der Waals surface area contributed by atoms with Gasteiger partial charge in [-0.15, -0.1) is 0 Å². The van der Waals surface area contributed by atoms with Crippen molar-refractivity contribution in [3.63, 3.8) is 0 Å². The Kier molecular flexibility index (Phi) is 6.33. The molecule has 1 N–H and O–H groups in total. The number of hydrazine groups is 1. The van der Waals surface area contributed by atoms with Crippen molar-refractivity contribution in [2.45, 2.75) is 105 Å². The van der Waals surface area contributed by atoms with Crippen LogP contribution in [0.2, 0.25) is 0 Å². The van der Waals surface area contributed by atoms with E-state index >= 15 is 0 Å². The summed E-state index contributed by atoms with van der Waals surface area (Å²) >= 11 is 0. The van der Waals surface area contributed by atoms with E-state index in [-0.39, 0.29) is 21.7 Å². The second-order valence-corrected chi connectivity index (χ2v) is 13.9. The molecule has 0 aliphatic carbocycles. The van der Waals surface area contributed by atoms with E-state index in [1.165, 1.54) is 39.2 Å². The van der Waals surface area contributed by atoms with Gasteiger partial charge in [0.25, 0.3) is 0 Å². The summed E-state index contributed by atoms with van der Waals surface area (Å²) < 4.78 is 0. The van der Waals surface area contributed by atoms with Crippen LogP contribution in [0.15, 0.2) is 42.5 Å². The van der Waals surface area contributed by atoms with E-state index < -0.39 is 0 Å². The van der Waals surface area contributed by atoms with Crippen LogP contribution in [0.1, 0.15) is 111 Å². The first-order valence-corrected chi connectivity index (χ1v) is 12.4. The fourth-order valence-electron chi connectivity index (χ4n) is 4.05. The largest absolute Gasteiger partial charge is 0.298 e. The summed E-state index contributed by atoms with van der Waals surface area (Å²) in [6.07, 6.45) is 2.33. The van der Waals surface area contributed by atoms with Crippen LogP contribution in [0, 0.1) is 0 Å². The topological polar surface area (TPSA) is 15.3 Å². The molecule has 1 heterocycles. The predicted octanol–water partition coefficient (Wildman–Crippen LogP) is 8.24. The number of hydrogen-bond acceptors (Lipinski definition) is 2. The third-order valence-corrected chi connectivity index (χ3v) is 6.67. The highest BCUT2D eigenvalue weighted by Gasteiger charge is 2.25. The van der Waals surface area contributed by atoms with E-state index in [1.54, 1.807) is 0 Å². The Morgan fingerprint density at radius 3 is 1.27 bits per heavy atom. The lowest BCUT2D eigenvalue weighted by Crippen LogP contribution is -2.32. The first-order chi connectivity index (χ1) is 14.9. The molecule has 3 rings (SSSR count). The Hall–Kier alpha value is -2.22. The number of rotatable bonds is 2. The quantitative estimate of drug-likeness (QED) is 0.499. The minimum absolute atomic E-state index is 0.106. The highest BCUT2D eigenvalue weighted by Crippen LogP contribution is 2.36. The summed E-state index contributed by atoms with van der Waals surface area (Å²) in [6.45, 7) is 28.4. The lowest BCUT2D eigenvalue weighted by molar-refractivity contribution is 0.568. The van der Waals surface area contributed by atoms with Crippen molar-refractivity contribution < 1.29 is 0 Å². The zero-order chi connectivity index (χ0) is 25.0. The molecule has 2 aromatic rings. The summed E-state index contributed by atoms with van der Waals surface area (Å²) in [6, 6.07) is 14.2. The molecular formula is C31H46N2. The Labute approximate surface area is 203 Å². The van der Waals surface area contributed by atoms with Crippen LogP contribution >= 0.6 is 0 Å². The number of benzene rings is 2. The molecule has 0 saturated heterocycles. The van der Waals surface area contributed by atoms with Crippen LogP contribution in [0.3, 0.4) is 0 Å². The third-order valence-electron chi connectivity index (χ3n) is 6.67.